The number of hydrogen-bond acceptors (Lipinski definition) is 3. The molecule has 1 aromatic heterocycles. The van der Waals surface area contributed by atoms with Gasteiger partial charge in [0.05, 0.1) is 18.2 Å². The topological polar surface area (TPSA) is 78.0 Å². The van der Waals surface area contributed by atoms with Gasteiger partial charge in [-0.15, -0.1) is 0 Å². The average Bonchev–Trinajstić information content (AvgIpc) is 2.77. The number of rotatable bonds is 6. The maximum Gasteiger partial charge on any atom is 0.224 e. The third-order valence-corrected chi connectivity index (χ3v) is 4.56. The lowest BCUT2D eigenvalue weighted by Crippen LogP contribution is -2.29. The van der Waals surface area contributed by atoms with E-state index < -0.39 is 0 Å². The van der Waals surface area contributed by atoms with Gasteiger partial charge in [-0.3, -0.25) is 9.89 Å². The minimum atomic E-state index is -0.134. The first-order chi connectivity index (χ1) is 10.1. The number of aryl methyl sites for hydroxylation is 2. The van der Waals surface area contributed by atoms with Crippen LogP contribution in [0.15, 0.2) is 0 Å². The van der Waals surface area contributed by atoms with Crippen LogP contribution in [0.3, 0.4) is 0 Å². The van der Waals surface area contributed by atoms with Gasteiger partial charge in [0.15, 0.2) is 0 Å². The van der Waals surface area contributed by atoms with E-state index in [2.05, 4.69) is 15.5 Å². The Balaban J connectivity index is 1.65. The van der Waals surface area contributed by atoms with Gasteiger partial charge >= 0.3 is 0 Å². The van der Waals surface area contributed by atoms with Crippen molar-refractivity contribution in [1.82, 2.24) is 15.5 Å². The van der Waals surface area contributed by atoms with Crippen LogP contribution in [0, 0.1) is 19.8 Å². The maximum atomic E-state index is 11.9. The lowest BCUT2D eigenvalue weighted by Gasteiger charge is -2.27. The number of hydrogen-bond donors (Lipinski definition) is 3. The summed E-state index contributed by atoms with van der Waals surface area (Å²) < 4.78 is 0. The van der Waals surface area contributed by atoms with E-state index in [0.717, 1.165) is 49.1 Å². The second-order valence-electron chi connectivity index (χ2n) is 6.19. The van der Waals surface area contributed by atoms with Crippen molar-refractivity contribution in [1.29, 1.82) is 0 Å². The minimum absolute atomic E-state index is 0.0480. The predicted molar refractivity (Wildman–Crippen MR) is 82.0 cm³/mol. The van der Waals surface area contributed by atoms with Gasteiger partial charge in [-0.1, -0.05) is 12.8 Å². The molecular formula is C16H27N3O2. The lowest BCUT2D eigenvalue weighted by molar-refractivity contribution is -0.120. The van der Waals surface area contributed by atoms with E-state index >= 15 is 0 Å². The van der Waals surface area contributed by atoms with Crippen molar-refractivity contribution in [3.8, 4) is 0 Å². The molecule has 0 radical (unpaired) electrons. The Morgan fingerprint density at radius 2 is 2.14 bits per heavy atom. The zero-order chi connectivity index (χ0) is 15.2. The molecule has 0 aliphatic heterocycles. The molecule has 1 heterocycles. The molecule has 0 aromatic carbocycles. The number of aliphatic hydroxyl groups excluding tert-OH is 1. The third kappa shape index (κ3) is 4.56. The molecule has 5 nitrogen and oxygen atoms in total. The fourth-order valence-electron chi connectivity index (χ4n) is 3.17. The van der Waals surface area contributed by atoms with Crippen LogP contribution in [0.5, 0.6) is 0 Å². The van der Waals surface area contributed by atoms with Gasteiger partial charge in [-0.25, -0.2) is 0 Å². The molecule has 3 N–H and O–H groups in total. The summed E-state index contributed by atoms with van der Waals surface area (Å²) in [6.07, 6.45) is 6.65. The predicted octanol–water partition coefficient (Wildman–Crippen LogP) is 2.02. The molecule has 1 amide bonds. The number of nitrogens with zero attached hydrogens (tertiary/aromatic N) is 1. The molecular weight excluding hydrogens is 266 g/mol. The van der Waals surface area contributed by atoms with E-state index in [0.29, 0.717) is 18.9 Å². The Labute approximate surface area is 126 Å². The van der Waals surface area contributed by atoms with Gasteiger partial charge in [0.2, 0.25) is 5.91 Å². The Hall–Kier alpha value is -1.36. The van der Waals surface area contributed by atoms with Crippen LogP contribution >= 0.6 is 0 Å². The number of aromatic amines is 1. The van der Waals surface area contributed by atoms with Crippen molar-refractivity contribution in [2.45, 2.75) is 64.9 Å². The molecule has 0 spiro atoms. The summed E-state index contributed by atoms with van der Waals surface area (Å²) >= 11 is 0. The van der Waals surface area contributed by atoms with E-state index in [1.165, 1.54) is 6.42 Å². The van der Waals surface area contributed by atoms with E-state index in [9.17, 15) is 9.90 Å². The fourth-order valence-corrected chi connectivity index (χ4v) is 3.17. The van der Waals surface area contributed by atoms with Gasteiger partial charge in [0.1, 0.15) is 0 Å². The van der Waals surface area contributed by atoms with Crippen molar-refractivity contribution in [3.05, 3.63) is 17.0 Å². The zero-order valence-electron chi connectivity index (χ0n) is 13.1. The van der Waals surface area contributed by atoms with Crippen molar-refractivity contribution >= 4 is 5.91 Å². The van der Waals surface area contributed by atoms with Crippen LogP contribution in [0.2, 0.25) is 0 Å². The summed E-state index contributed by atoms with van der Waals surface area (Å²) in [6, 6.07) is 0. The van der Waals surface area contributed by atoms with Crippen LogP contribution in [0.25, 0.3) is 0 Å². The van der Waals surface area contributed by atoms with E-state index in [-0.39, 0.29) is 12.0 Å². The molecule has 0 bridgehead atoms. The zero-order valence-corrected chi connectivity index (χ0v) is 13.1. The van der Waals surface area contributed by atoms with Crippen LogP contribution in [-0.2, 0) is 11.2 Å². The van der Waals surface area contributed by atoms with Crippen LogP contribution < -0.4 is 5.32 Å². The Bertz CT molecular complexity index is 451. The van der Waals surface area contributed by atoms with Crippen molar-refractivity contribution in [2.75, 3.05) is 6.54 Å². The van der Waals surface area contributed by atoms with Crippen LogP contribution in [0.4, 0.5) is 0 Å². The minimum Gasteiger partial charge on any atom is -0.393 e. The highest BCUT2D eigenvalue weighted by atomic mass is 16.3. The third-order valence-electron chi connectivity index (χ3n) is 4.56. The molecule has 1 aliphatic carbocycles. The van der Waals surface area contributed by atoms with Crippen LogP contribution in [-0.4, -0.2) is 33.9 Å². The van der Waals surface area contributed by atoms with E-state index in [4.69, 9.17) is 0 Å². The number of aliphatic hydroxyl groups is 1. The van der Waals surface area contributed by atoms with Gasteiger partial charge in [0, 0.05) is 17.8 Å². The number of nitrogens with one attached hydrogen (secondary N) is 2. The molecule has 2 atom stereocenters. The number of amides is 1. The maximum absolute atomic E-state index is 11.9. The monoisotopic (exact) mass is 293 g/mol. The number of carbonyl (C=O) groups is 1. The van der Waals surface area contributed by atoms with Crippen molar-refractivity contribution in [2.24, 2.45) is 5.92 Å². The summed E-state index contributed by atoms with van der Waals surface area (Å²) in [4.78, 5) is 11.9. The van der Waals surface area contributed by atoms with E-state index in [1.807, 2.05) is 13.8 Å². The van der Waals surface area contributed by atoms with Crippen molar-refractivity contribution < 1.29 is 9.90 Å². The fraction of sp³-hybridized carbons (Fsp3) is 0.750. The lowest BCUT2D eigenvalue weighted by atomic mass is 9.83. The molecule has 2 unspecified atom stereocenters. The molecule has 2 rings (SSSR count). The first-order valence-corrected chi connectivity index (χ1v) is 8.03. The van der Waals surface area contributed by atoms with Gasteiger partial charge in [-0.2, -0.15) is 5.10 Å². The summed E-state index contributed by atoms with van der Waals surface area (Å²) in [6.45, 7) is 4.54. The molecule has 1 aromatic rings. The first kappa shape index (κ1) is 16.0. The summed E-state index contributed by atoms with van der Waals surface area (Å²) in [5.74, 6) is 0.473. The van der Waals surface area contributed by atoms with Gasteiger partial charge < -0.3 is 10.4 Å². The highest BCUT2D eigenvalue weighted by Crippen LogP contribution is 2.27. The molecule has 118 valence electrons. The molecule has 1 saturated carbocycles. The highest BCUT2D eigenvalue weighted by Gasteiger charge is 2.22. The molecule has 21 heavy (non-hydrogen) atoms. The Kier molecular flexibility index (Phi) is 5.79. The normalized spacial score (nSPS) is 22.2. The first-order valence-electron chi connectivity index (χ1n) is 8.03. The summed E-state index contributed by atoms with van der Waals surface area (Å²) in [7, 11) is 0. The number of aromatic nitrogens is 2. The van der Waals surface area contributed by atoms with Crippen LogP contribution in [0.1, 0.15) is 55.5 Å². The largest absolute Gasteiger partial charge is 0.393 e. The number of H-pyrrole nitrogens is 1. The Morgan fingerprint density at radius 3 is 2.81 bits per heavy atom. The molecule has 1 aliphatic rings. The molecule has 1 fully saturated rings. The van der Waals surface area contributed by atoms with Gasteiger partial charge in [-0.05, 0) is 45.4 Å². The SMILES string of the molecule is Cc1n[nH]c(C)c1CC(=O)NCCCC1CCCCC1O. The highest BCUT2D eigenvalue weighted by molar-refractivity contribution is 5.79. The Morgan fingerprint density at radius 1 is 1.38 bits per heavy atom. The smallest absolute Gasteiger partial charge is 0.224 e. The molecule has 5 heteroatoms. The number of carbonyl (C=O) groups excluding carboxylic acids is 1. The average molecular weight is 293 g/mol. The van der Waals surface area contributed by atoms with E-state index in [1.54, 1.807) is 0 Å². The van der Waals surface area contributed by atoms with Gasteiger partial charge in [0.25, 0.3) is 0 Å². The molecule has 0 saturated heterocycles. The summed E-state index contributed by atoms with van der Waals surface area (Å²) in [5, 5.41) is 19.9. The van der Waals surface area contributed by atoms with Crippen molar-refractivity contribution in [3.63, 3.8) is 0 Å². The second-order valence-corrected chi connectivity index (χ2v) is 6.19. The quantitative estimate of drug-likeness (QED) is 0.702. The summed E-state index contributed by atoms with van der Waals surface area (Å²) in [5.41, 5.74) is 2.86. The standard InChI is InChI=1S/C16H27N3O2/c1-11-14(12(2)19-18-11)10-16(21)17-9-5-7-13-6-3-4-8-15(13)20/h13,15,20H,3-10H2,1-2H3,(H,17,21)(H,18,19). The second kappa shape index (κ2) is 7.59.